The Morgan fingerprint density at radius 1 is 1.24 bits per heavy atom. The normalized spacial score (nSPS) is 11.3. The molecule has 21 heavy (non-hydrogen) atoms. The van der Waals surface area contributed by atoms with Crippen LogP contribution < -0.4 is 16.0 Å². The number of nitrogen functional groups attached to an aromatic ring is 1. The third-order valence-corrected chi connectivity index (χ3v) is 4.44. The lowest BCUT2D eigenvalue weighted by molar-refractivity contribution is 0.581. The first-order chi connectivity index (χ1) is 10.0. The van der Waals surface area contributed by atoms with Gasteiger partial charge in [0.2, 0.25) is 10.0 Å². The first-order valence-corrected chi connectivity index (χ1v) is 7.97. The fourth-order valence-corrected chi connectivity index (χ4v) is 2.98. The number of aryl methyl sites for hydroxylation is 1. The Hall–Kier alpha value is -1.96. The topological polar surface area (TPSA) is 97.1 Å². The van der Waals surface area contributed by atoms with Gasteiger partial charge in [-0.05, 0) is 25.0 Å². The van der Waals surface area contributed by atoms with Gasteiger partial charge in [0.25, 0.3) is 0 Å². The number of hydrogen-bond donors (Lipinski definition) is 3. The fraction of sp³-hybridized carbons (Fsp3) is 0.214. The van der Waals surface area contributed by atoms with Crippen molar-refractivity contribution >= 4 is 15.8 Å². The van der Waals surface area contributed by atoms with Crippen molar-refractivity contribution in [1.82, 2.24) is 9.71 Å². The molecule has 0 saturated heterocycles. The lowest BCUT2D eigenvalue weighted by Crippen LogP contribution is -2.26. The zero-order valence-electron chi connectivity index (χ0n) is 11.7. The van der Waals surface area contributed by atoms with Gasteiger partial charge in [-0.15, -0.1) is 0 Å². The van der Waals surface area contributed by atoms with Crippen LogP contribution in [0.4, 0.5) is 5.82 Å². The largest absolute Gasteiger partial charge is 0.308 e. The Morgan fingerprint density at radius 2 is 2.05 bits per heavy atom. The molecule has 0 unspecified atom stereocenters. The molecule has 1 aromatic carbocycles. The molecule has 0 bridgehead atoms. The molecule has 0 saturated carbocycles. The lowest BCUT2D eigenvalue weighted by atomic mass is 10.1. The minimum absolute atomic E-state index is 0.134. The standard InChI is InChI=1S/C14H18N4O2S/c1-11-3-2-4-12(9-11)5-8-17-21(19,20)13-6-7-16-14(10-13)18-15/h2-4,6-7,9-10,17H,5,8,15H2,1H3,(H,16,18). The molecule has 6 nitrogen and oxygen atoms in total. The maximum absolute atomic E-state index is 12.1. The molecule has 0 spiro atoms. The van der Waals surface area contributed by atoms with Crippen molar-refractivity contribution in [2.24, 2.45) is 5.84 Å². The summed E-state index contributed by atoms with van der Waals surface area (Å²) in [4.78, 5) is 4.01. The fourth-order valence-electron chi connectivity index (χ4n) is 1.94. The van der Waals surface area contributed by atoms with E-state index < -0.39 is 10.0 Å². The van der Waals surface area contributed by atoms with Gasteiger partial charge in [-0.3, -0.25) is 0 Å². The van der Waals surface area contributed by atoms with Crippen LogP contribution in [0.5, 0.6) is 0 Å². The van der Waals surface area contributed by atoms with Crippen molar-refractivity contribution in [3.63, 3.8) is 0 Å². The summed E-state index contributed by atoms with van der Waals surface area (Å²) in [6.45, 7) is 2.34. The van der Waals surface area contributed by atoms with E-state index in [1.165, 1.54) is 18.3 Å². The van der Waals surface area contributed by atoms with Gasteiger partial charge in [0.1, 0.15) is 5.82 Å². The first kappa shape index (κ1) is 15.4. The van der Waals surface area contributed by atoms with Crippen LogP contribution in [0.25, 0.3) is 0 Å². The monoisotopic (exact) mass is 306 g/mol. The number of rotatable bonds is 6. The summed E-state index contributed by atoms with van der Waals surface area (Å²) in [7, 11) is -3.56. The van der Waals surface area contributed by atoms with Crippen LogP contribution >= 0.6 is 0 Å². The van der Waals surface area contributed by atoms with Crippen LogP contribution in [0.1, 0.15) is 11.1 Å². The van der Waals surface area contributed by atoms with E-state index in [9.17, 15) is 8.42 Å². The predicted octanol–water partition coefficient (Wildman–Crippen LogP) is 1.20. The van der Waals surface area contributed by atoms with Crippen LogP contribution in [0, 0.1) is 6.92 Å². The van der Waals surface area contributed by atoms with Gasteiger partial charge in [-0.1, -0.05) is 29.8 Å². The Kier molecular flexibility index (Phi) is 4.89. The summed E-state index contributed by atoms with van der Waals surface area (Å²) in [5.74, 6) is 5.53. The van der Waals surface area contributed by atoms with Crippen molar-refractivity contribution in [2.45, 2.75) is 18.2 Å². The first-order valence-electron chi connectivity index (χ1n) is 6.49. The number of pyridine rings is 1. The van der Waals surface area contributed by atoms with Crippen LogP contribution in [0.3, 0.4) is 0 Å². The van der Waals surface area contributed by atoms with Gasteiger partial charge >= 0.3 is 0 Å². The molecule has 0 fully saturated rings. The highest BCUT2D eigenvalue weighted by atomic mass is 32.2. The molecule has 1 aromatic heterocycles. The highest BCUT2D eigenvalue weighted by Gasteiger charge is 2.14. The predicted molar refractivity (Wildman–Crippen MR) is 82.1 cm³/mol. The summed E-state index contributed by atoms with van der Waals surface area (Å²) in [6.07, 6.45) is 2.03. The summed E-state index contributed by atoms with van der Waals surface area (Å²) in [5.41, 5.74) is 4.57. The molecule has 2 rings (SSSR count). The molecule has 112 valence electrons. The maximum atomic E-state index is 12.1. The number of sulfonamides is 1. The molecule has 4 N–H and O–H groups in total. The van der Waals surface area contributed by atoms with Crippen LogP contribution in [0.2, 0.25) is 0 Å². The minimum Gasteiger partial charge on any atom is -0.308 e. The minimum atomic E-state index is -3.56. The van der Waals surface area contributed by atoms with Gasteiger partial charge in [0.15, 0.2) is 0 Å². The second-order valence-electron chi connectivity index (χ2n) is 4.66. The zero-order valence-corrected chi connectivity index (χ0v) is 12.5. The SMILES string of the molecule is Cc1cccc(CCNS(=O)(=O)c2ccnc(NN)c2)c1. The van der Waals surface area contributed by atoms with E-state index in [0.29, 0.717) is 18.8 Å². The van der Waals surface area contributed by atoms with E-state index in [0.717, 1.165) is 11.1 Å². The number of nitrogens with one attached hydrogen (secondary N) is 2. The molecule has 1 heterocycles. The Morgan fingerprint density at radius 3 is 2.76 bits per heavy atom. The lowest BCUT2D eigenvalue weighted by Gasteiger charge is -2.08. The summed E-state index contributed by atoms with van der Waals surface area (Å²) in [5, 5.41) is 0. The molecular formula is C14H18N4O2S. The molecule has 0 aliphatic heterocycles. The van der Waals surface area contributed by atoms with Crippen molar-refractivity contribution in [2.75, 3.05) is 12.0 Å². The second kappa shape index (κ2) is 6.66. The highest BCUT2D eigenvalue weighted by molar-refractivity contribution is 7.89. The number of nitrogens with zero attached hydrogens (tertiary/aromatic N) is 1. The van der Waals surface area contributed by atoms with Crippen LogP contribution in [-0.2, 0) is 16.4 Å². The quantitative estimate of drug-likeness (QED) is 0.550. The number of aromatic nitrogens is 1. The van der Waals surface area contributed by atoms with Crippen LogP contribution in [-0.4, -0.2) is 19.9 Å². The van der Waals surface area contributed by atoms with Crippen LogP contribution in [0.15, 0.2) is 47.5 Å². The Labute approximate surface area is 124 Å². The number of nitrogens with two attached hydrogens (primary N) is 1. The van der Waals surface area contributed by atoms with Crippen molar-refractivity contribution < 1.29 is 8.42 Å². The Balaban J connectivity index is 2.01. The highest BCUT2D eigenvalue weighted by Crippen LogP contribution is 2.12. The van der Waals surface area contributed by atoms with E-state index in [1.807, 2.05) is 31.2 Å². The number of anilines is 1. The van der Waals surface area contributed by atoms with Gasteiger partial charge in [0, 0.05) is 18.8 Å². The maximum Gasteiger partial charge on any atom is 0.240 e. The Bertz CT molecular complexity index is 716. The van der Waals surface area contributed by atoms with E-state index >= 15 is 0 Å². The third-order valence-electron chi connectivity index (χ3n) is 2.98. The zero-order chi connectivity index (χ0) is 15.3. The van der Waals surface area contributed by atoms with Gasteiger partial charge in [-0.25, -0.2) is 24.0 Å². The van der Waals surface area contributed by atoms with Crippen molar-refractivity contribution in [1.29, 1.82) is 0 Å². The van der Waals surface area contributed by atoms with E-state index in [4.69, 9.17) is 5.84 Å². The van der Waals surface area contributed by atoms with Crippen molar-refractivity contribution in [3.8, 4) is 0 Å². The summed E-state index contributed by atoms with van der Waals surface area (Å²) >= 11 is 0. The molecule has 0 aliphatic rings. The number of hydrogen-bond acceptors (Lipinski definition) is 5. The molecular weight excluding hydrogens is 288 g/mol. The van der Waals surface area contributed by atoms with Gasteiger partial charge in [0.05, 0.1) is 4.90 Å². The number of benzene rings is 1. The number of hydrazine groups is 1. The van der Waals surface area contributed by atoms with Gasteiger partial charge in [-0.2, -0.15) is 0 Å². The van der Waals surface area contributed by atoms with E-state index in [2.05, 4.69) is 15.1 Å². The molecule has 0 radical (unpaired) electrons. The molecule has 7 heteroatoms. The molecule has 0 atom stereocenters. The van der Waals surface area contributed by atoms with Gasteiger partial charge < -0.3 is 5.43 Å². The van der Waals surface area contributed by atoms with E-state index in [-0.39, 0.29) is 4.90 Å². The van der Waals surface area contributed by atoms with Crippen molar-refractivity contribution in [3.05, 3.63) is 53.7 Å². The average molecular weight is 306 g/mol. The molecule has 0 amide bonds. The van der Waals surface area contributed by atoms with E-state index in [1.54, 1.807) is 0 Å². The average Bonchev–Trinajstić information content (AvgIpc) is 2.47. The smallest absolute Gasteiger partial charge is 0.240 e. The summed E-state index contributed by atoms with van der Waals surface area (Å²) in [6, 6.07) is 10.8. The molecule has 2 aromatic rings. The molecule has 0 aliphatic carbocycles. The second-order valence-corrected chi connectivity index (χ2v) is 6.42. The third kappa shape index (κ3) is 4.25. The summed E-state index contributed by atoms with van der Waals surface area (Å²) < 4.78 is 26.9.